The number of rotatable bonds is 6. The molecule has 9 aromatic rings. The second-order valence-corrected chi connectivity index (χ2v) is 14.4. The zero-order valence-corrected chi connectivity index (χ0v) is 29.6. The van der Waals surface area contributed by atoms with Crippen molar-refractivity contribution in [3.05, 3.63) is 193 Å². The molecule has 252 valence electrons. The molecule has 0 N–H and O–H groups in total. The molecule has 0 saturated heterocycles. The number of anilines is 3. The van der Waals surface area contributed by atoms with Gasteiger partial charge in [0.25, 0.3) is 0 Å². The van der Waals surface area contributed by atoms with Gasteiger partial charge in [0.05, 0.1) is 5.69 Å². The quantitative estimate of drug-likeness (QED) is 0.175. The molecule has 1 aliphatic carbocycles. The van der Waals surface area contributed by atoms with Crippen molar-refractivity contribution >= 4 is 38.9 Å². The van der Waals surface area contributed by atoms with E-state index >= 15 is 0 Å². The molecule has 0 atom stereocenters. The molecule has 0 aliphatic heterocycles. The SMILES string of the molecule is CC1(C)c2ccccc2-c2cc(N(c3ccc(-c4cccc5ccc6nc(-c7ccccc7)oc6c45)cc3)c3ccccc3-c3ccccc3)ccc21. The first-order valence-corrected chi connectivity index (χ1v) is 18.2. The maximum Gasteiger partial charge on any atom is 0.227 e. The van der Waals surface area contributed by atoms with Gasteiger partial charge in [-0.05, 0) is 92.9 Å². The Bertz CT molecular complexity index is 2800. The van der Waals surface area contributed by atoms with E-state index in [1.807, 2.05) is 30.3 Å². The number of hydrogen-bond acceptors (Lipinski definition) is 3. The summed E-state index contributed by atoms with van der Waals surface area (Å²) in [5.74, 6) is 0.631. The normalized spacial score (nSPS) is 12.9. The summed E-state index contributed by atoms with van der Waals surface area (Å²) in [6.45, 7) is 4.67. The highest BCUT2D eigenvalue weighted by Gasteiger charge is 2.35. The number of fused-ring (bicyclic) bond motifs is 6. The molecule has 0 bridgehead atoms. The molecule has 0 spiro atoms. The summed E-state index contributed by atoms with van der Waals surface area (Å²) in [6, 6.07) is 65.0. The van der Waals surface area contributed by atoms with Crippen LogP contribution in [0.3, 0.4) is 0 Å². The first-order chi connectivity index (χ1) is 26.0. The van der Waals surface area contributed by atoms with Crippen molar-refractivity contribution in [2.75, 3.05) is 4.90 Å². The third kappa shape index (κ3) is 5.08. The summed E-state index contributed by atoms with van der Waals surface area (Å²) in [7, 11) is 0. The van der Waals surface area contributed by atoms with E-state index in [4.69, 9.17) is 9.40 Å². The van der Waals surface area contributed by atoms with Gasteiger partial charge in [-0.15, -0.1) is 0 Å². The van der Waals surface area contributed by atoms with Crippen LogP contribution in [0.2, 0.25) is 0 Å². The lowest BCUT2D eigenvalue weighted by Gasteiger charge is -2.29. The minimum atomic E-state index is -0.0614. The predicted octanol–water partition coefficient (Wildman–Crippen LogP) is 13.8. The van der Waals surface area contributed by atoms with E-state index in [0.29, 0.717) is 5.89 Å². The van der Waals surface area contributed by atoms with Crippen LogP contribution in [0.25, 0.3) is 66.7 Å². The van der Waals surface area contributed by atoms with Gasteiger partial charge < -0.3 is 9.32 Å². The summed E-state index contributed by atoms with van der Waals surface area (Å²) < 4.78 is 6.52. The van der Waals surface area contributed by atoms with E-state index in [1.54, 1.807) is 0 Å². The molecular formula is C50H36N2O. The molecule has 1 aromatic heterocycles. The molecule has 3 nitrogen and oxygen atoms in total. The summed E-state index contributed by atoms with van der Waals surface area (Å²) in [4.78, 5) is 7.29. The number of nitrogens with zero attached hydrogens (tertiary/aromatic N) is 2. The number of hydrogen-bond donors (Lipinski definition) is 0. The van der Waals surface area contributed by atoms with Crippen LogP contribution in [-0.4, -0.2) is 4.98 Å². The van der Waals surface area contributed by atoms with E-state index in [0.717, 1.165) is 55.6 Å². The molecule has 53 heavy (non-hydrogen) atoms. The summed E-state index contributed by atoms with van der Waals surface area (Å²) in [5, 5.41) is 2.19. The van der Waals surface area contributed by atoms with Crippen molar-refractivity contribution < 1.29 is 4.42 Å². The van der Waals surface area contributed by atoms with Crippen LogP contribution in [0, 0.1) is 0 Å². The van der Waals surface area contributed by atoms with Gasteiger partial charge in [-0.1, -0.05) is 147 Å². The summed E-state index contributed by atoms with van der Waals surface area (Å²) in [6.07, 6.45) is 0. The van der Waals surface area contributed by atoms with Crippen molar-refractivity contribution in [2.24, 2.45) is 0 Å². The molecule has 1 heterocycles. The highest BCUT2D eigenvalue weighted by molar-refractivity contribution is 6.11. The van der Waals surface area contributed by atoms with Gasteiger partial charge in [0, 0.05) is 33.3 Å². The largest absolute Gasteiger partial charge is 0.435 e. The Hall–Kier alpha value is -6.71. The second-order valence-electron chi connectivity index (χ2n) is 14.4. The highest BCUT2D eigenvalue weighted by atomic mass is 16.3. The number of benzene rings is 8. The molecule has 0 saturated carbocycles. The Morgan fingerprint density at radius 2 is 1.09 bits per heavy atom. The van der Waals surface area contributed by atoms with Gasteiger partial charge in [-0.3, -0.25) is 0 Å². The van der Waals surface area contributed by atoms with Crippen molar-refractivity contribution in [3.8, 4) is 44.8 Å². The van der Waals surface area contributed by atoms with E-state index in [9.17, 15) is 0 Å². The molecular weight excluding hydrogens is 645 g/mol. The van der Waals surface area contributed by atoms with Crippen LogP contribution < -0.4 is 4.90 Å². The Balaban J connectivity index is 1.13. The monoisotopic (exact) mass is 680 g/mol. The molecule has 0 unspecified atom stereocenters. The smallest absolute Gasteiger partial charge is 0.227 e. The number of aromatic nitrogens is 1. The van der Waals surface area contributed by atoms with E-state index in [-0.39, 0.29) is 5.41 Å². The zero-order chi connectivity index (χ0) is 35.5. The number of oxazole rings is 1. The fourth-order valence-electron chi connectivity index (χ4n) is 8.29. The van der Waals surface area contributed by atoms with Gasteiger partial charge in [0.2, 0.25) is 5.89 Å². The Morgan fingerprint density at radius 3 is 1.89 bits per heavy atom. The predicted molar refractivity (Wildman–Crippen MR) is 220 cm³/mol. The van der Waals surface area contributed by atoms with Crippen LogP contribution in [0.4, 0.5) is 17.1 Å². The molecule has 3 heteroatoms. The van der Waals surface area contributed by atoms with Crippen molar-refractivity contribution in [2.45, 2.75) is 19.3 Å². The lowest BCUT2D eigenvalue weighted by molar-refractivity contribution is 0.623. The number of para-hydroxylation sites is 1. The van der Waals surface area contributed by atoms with Crippen molar-refractivity contribution in [3.63, 3.8) is 0 Å². The maximum absolute atomic E-state index is 6.52. The third-order valence-corrected chi connectivity index (χ3v) is 10.9. The summed E-state index contributed by atoms with van der Waals surface area (Å²) in [5.41, 5.74) is 15.8. The van der Waals surface area contributed by atoms with Gasteiger partial charge in [0.1, 0.15) is 5.52 Å². The van der Waals surface area contributed by atoms with Crippen LogP contribution in [0.15, 0.2) is 186 Å². The highest BCUT2D eigenvalue weighted by Crippen LogP contribution is 2.51. The van der Waals surface area contributed by atoms with Crippen molar-refractivity contribution in [1.29, 1.82) is 0 Å². The lowest BCUT2D eigenvalue weighted by atomic mass is 9.82. The topological polar surface area (TPSA) is 29.3 Å². The Labute approximate surface area is 309 Å². The van der Waals surface area contributed by atoms with E-state index < -0.39 is 0 Å². The van der Waals surface area contributed by atoms with Gasteiger partial charge in [0.15, 0.2) is 5.58 Å². The fraction of sp³-hybridized carbons (Fsp3) is 0.0600. The molecule has 0 radical (unpaired) electrons. The second kappa shape index (κ2) is 12.2. The fourth-order valence-corrected chi connectivity index (χ4v) is 8.29. The standard InChI is InChI=1S/C50H36N2O/c1-50(2)43-22-11-9-20-41(43)42-32-38(29-30-44(42)50)52(46-23-12-10-19-39(46)33-14-5-3-6-15-33)37-27-24-34(25-28-37)40-21-13-18-35-26-31-45-48(47(35)40)53-49(51-45)36-16-7-4-8-17-36/h3-32H,1-2H3. The average Bonchev–Trinajstić information content (AvgIpc) is 3.76. The Morgan fingerprint density at radius 1 is 0.472 bits per heavy atom. The van der Waals surface area contributed by atoms with Crippen LogP contribution in [0.1, 0.15) is 25.0 Å². The average molecular weight is 681 g/mol. The van der Waals surface area contributed by atoms with Gasteiger partial charge >= 0.3 is 0 Å². The lowest BCUT2D eigenvalue weighted by Crippen LogP contribution is -2.15. The van der Waals surface area contributed by atoms with Crippen molar-refractivity contribution in [1.82, 2.24) is 4.98 Å². The first kappa shape index (κ1) is 31.1. The van der Waals surface area contributed by atoms with Gasteiger partial charge in [-0.25, -0.2) is 4.98 Å². The first-order valence-electron chi connectivity index (χ1n) is 18.2. The van der Waals surface area contributed by atoms with E-state index in [2.05, 4.69) is 170 Å². The minimum absolute atomic E-state index is 0.0614. The molecule has 8 aromatic carbocycles. The zero-order valence-electron chi connectivity index (χ0n) is 29.6. The van der Waals surface area contributed by atoms with Crippen LogP contribution >= 0.6 is 0 Å². The van der Waals surface area contributed by atoms with Crippen LogP contribution in [-0.2, 0) is 5.41 Å². The molecule has 10 rings (SSSR count). The van der Waals surface area contributed by atoms with Gasteiger partial charge in [-0.2, -0.15) is 0 Å². The van der Waals surface area contributed by atoms with Crippen LogP contribution in [0.5, 0.6) is 0 Å². The molecule has 1 aliphatic rings. The third-order valence-electron chi connectivity index (χ3n) is 10.9. The van der Waals surface area contributed by atoms with E-state index in [1.165, 1.54) is 33.4 Å². The molecule has 0 fully saturated rings. The molecule has 0 amide bonds. The summed E-state index contributed by atoms with van der Waals surface area (Å²) >= 11 is 0. The minimum Gasteiger partial charge on any atom is -0.435 e. The Kier molecular flexibility index (Phi) is 7.16. The maximum atomic E-state index is 6.52.